The molecule has 2 rings (SSSR count). The maximum absolute atomic E-state index is 12.3. The Bertz CT molecular complexity index is 433. The third-order valence-corrected chi connectivity index (χ3v) is 3.76. The van der Waals surface area contributed by atoms with Gasteiger partial charge in [0, 0.05) is 18.1 Å². The van der Waals surface area contributed by atoms with E-state index < -0.39 is 0 Å². The molecule has 1 unspecified atom stereocenters. The second-order valence-corrected chi connectivity index (χ2v) is 5.38. The van der Waals surface area contributed by atoms with Gasteiger partial charge < -0.3 is 9.64 Å². The molecule has 0 aliphatic carbocycles. The fourth-order valence-electron chi connectivity index (χ4n) is 1.84. The number of likely N-dealkylation sites (N-methyl/N-ethyl adjacent to an activating group) is 1. The third-order valence-electron chi connectivity index (χ3n) is 2.93. The van der Waals surface area contributed by atoms with Crippen molar-refractivity contribution in [3.8, 4) is 0 Å². The van der Waals surface area contributed by atoms with E-state index in [-0.39, 0.29) is 11.9 Å². The summed E-state index contributed by atoms with van der Waals surface area (Å²) in [7, 11) is 1.79. The first kappa shape index (κ1) is 12.9. The zero-order valence-electron chi connectivity index (χ0n) is 9.45. The molecule has 1 fully saturated rings. The van der Waals surface area contributed by atoms with Gasteiger partial charge in [-0.15, -0.1) is 0 Å². The van der Waals surface area contributed by atoms with E-state index in [9.17, 15) is 4.79 Å². The van der Waals surface area contributed by atoms with Crippen LogP contribution in [0.2, 0.25) is 5.02 Å². The summed E-state index contributed by atoms with van der Waals surface area (Å²) >= 11 is 9.39. The number of hydrogen-bond donors (Lipinski definition) is 0. The molecule has 92 valence electrons. The van der Waals surface area contributed by atoms with Crippen LogP contribution in [0.15, 0.2) is 22.7 Å². The molecular weight excluding hydrogens is 305 g/mol. The molecule has 1 aromatic carbocycles. The van der Waals surface area contributed by atoms with Crippen LogP contribution in [0.1, 0.15) is 16.8 Å². The third kappa shape index (κ3) is 2.81. The fraction of sp³-hybridized carbons (Fsp3) is 0.417. The summed E-state index contributed by atoms with van der Waals surface area (Å²) in [6.45, 7) is 1.32. The number of benzene rings is 1. The van der Waals surface area contributed by atoms with Crippen LogP contribution in [-0.4, -0.2) is 37.1 Å². The lowest BCUT2D eigenvalue weighted by Crippen LogP contribution is -2.37. The van der Waals surface area contributed by atoms with Crippen LogP contribution in [0, 0.1) is 0 Å². The first-order valence-corrected chi connectivity index (χ1v) is 6.56. The predicted molar refractivity (Wildman–Crippen MR) is 70.5 cm³/mol. The van der Waals surface area contributed by atoms with E-state index in [1.807, 2.05) is 6.07 Å². The Morgan fingerprint density at radius 3 is 3.00 bits per heavy atom. The van der Waals surface area contributed by atoms with Crippen molar-refractivity contribution in [3.63, 3.8) is 0 Å². The lowest BCUT2D eigenvalue weighted by molar-refractivity contribution is 0.0711. The van der Waals surface area contributed by atoms with Gasteiger partial charge in [-0.2, -0.15) is 0 Å². The molecule has 0 saturated carbocycles. The SMILES string of the molecule is CN(C(=O)c1cc(Br)ccc1Cl)C1CCOC1. The summed E-state index contributed by atoms with van der Waals surface area (Å²) in [6.07, 6.45) is 0.883. The summed E-state index contributed by atoms with van der Waals surface area (Å²) in [5.74, 6) is -0.0631. The van der Waals surface area contributed by atoms with Crippen molar-refractivity contribution in [1.29, 1.82) is 0 Å². The van der Waals surface area contributed by atoms with Crippen LogP contribution in [0.3, 0.4) is 0 Å². The smallest absolute Gasteiger partial charge is 0.255 e. The van der Waals surface area contributed by atoms with E-state index >= 15 is 0 Å². The van der Waals surface area contributed by atoms with Crippen molar-refractivity contribution >= 4 is 33.4 Å². The molecule has 0 aromatic heterocycles. The molecule has 1 aromatic rings. The lowest BCUT2D eigenvalue weighted by Gasteiger charge is -2.23. The Balaban J connectivity index is 2.20. The van der Waals surface area contributed by atoms with Crippen LogP contribution in [0.25, 0.3) is 0 Å². The Kier molecular flexibility index (Phi) is 4.07. The molecule has 3 nitrogen and oxygen atoms in total. The van der Waals surface area contributed by atoms with Crippen molar-refractivity contribution in [1.82, 2.24) is 4.90 Å². The summed E-state index contributed by atoms with van der Waals surface area (Å²) in [4.78, 5) is 14.0. The largest absolute Gasteiger partial charge is 0.379 e. The normalized spacial score (nSPS) is 19.4. The summed E-state index contributed by atoms with van der Waals surface area (Å²) in [5, 5.41) is 0.476. The van der Waals surface area contributed by atoms with Crippen molar-refractivity contribution in [3.05, 3.63) is 33.3 Å². The predicted octanol–water partition coefficient (Wildman–Crippen LogP) is 2.96. The van der Waals surface area contributed by atoms with Gasteiger partial charge in [-0.3, -0.25) is 4.79 Å². The van der Waals surface area contributed by atoms with Crippen LogP contribution < -0.4 is 0 Å². The van der Waals surface area contributed by atoms with Gasteiger partial charge in [-0.05, 0) is 24.6 Å². The fourth-order valence-corrected chi connectivity index (χ4v) is 2.40. The maximum Gasteiger partial charge on any atom is 0.255 e. The van der Waals surface area contributed by atoms with E-state index in [0.29, 0.717) is 23.8 Å². The molecule has 17 heavy (non-hydrogen) atoms. The highest BCUT2D eigenvalue weighted by atomic mass is 79.9. The van der Waals surface area contributed by atoms with E-state index in [2.05, 4.69) is 15.9 Å². The summed E-state index contributed by atoms with van der Waals surface area (Å²) < 4.78 is 6.13. The molecule has 0 bridgehead atoms. The average molecular weight is 319 g/mol. The minimum Gasteiger partial charge on any atom is -0.379 e. The van der Waals surface area contributed by atoms with Gasteiger partial charge in [0.2, 0.25) is 0 Å². The second kappa shape index (κ2) is 5.38. The average Bonchev–Trinajstić information content (AvgIpc) is 2.84. The molecule has 1 atom stereocenters. The number of hydrogen-bond acceptors (Lipinski definition) is 2. The number of carbonyl (C=O) groups is 1. The molecule has 0 radical (unpaired) electrons. The Morgan fingerprint density at radius 2 is 2.35 bits per heavy atom. The minimum absolute atomic E-state index is 0.0631. The van der Waals surface area contributed by atoms with E-state index in [0.717, 1.165) is 10.9 Å². The number of carbonyl (C=O) groups excluding carboxylic acids is 1. The first-order chi connectivity index (χ1) is 8.09. The molecule has 1 aliphatic rings. The van der Waals surface area contributed by atoms with Gasteiger partial charge in [0.25, 0.3) is 5.91 Å². The monoisotopic (exact) mass is 317 g/mol. The minimum atomic E-state index is -0.0631. The topological polar surface area (TPSA) is 29.5 Å². The Labute approximate surface area is 114 Å². The number of amides is 1. The van der Waals surface area contributed by atoms with Gasteiger partial charge in [0.05, 0.1) is 23.2 Å². The van der Waals surface area contributed by atoms with Crippen molar-refractivity contribution < 1.29 is 9.53 Å². The van der Waals surface area contributed by atoms with Crippen LogP contribution in [-0.2, 0) is 4.74 Å². The van der Waals surface area contributed by atoms with E-state index in [1.165, 1.54) is 0 Å². The van der Waals surface area contributed by atoms with Crippen LogP contribution in [0.5, 0.6) is 0 Å². The summed E-state index contributed by atoms with van der Waals surface area (Å²) in [5.41, 5.74) is 0.524. The highest BCUT2D eigenvalue weighted by Gasteiger charge is 2.26. The number of halogens is 2. The van der Waals surface area contributed by atoms with Gasteiger partial charge in [-0.25, -0.2) is 0 Å². The van der Waals surface area contributed by atoms with Crippen molar-refractivity contribution in [2.75, 3.05) is 20.3 Å². The summed E-state index contributed by atoms with van der Waals surface area (Å²) in [6, 6.07) is 5.43. The quantitative estimate of drug-likeness (QED) is 0.839. The standard InChI is InChI=1S/C12H13BrClNO2/c1-15(9-4-5-17-7-9)12(16)10-6-8(13)2-3-11(10)14/h2-3,6,9H,4-5,7H2,1H3. The Hall–Kier alpha value is -0.580. The molecule has 1 heterocycles. The second-order valence-electron chi connectivity index (χ2n) is 4.06. The van der Waals surface area contributed by atoms with Gasteiger partial charge in [-0.1, -0.05) is 27.5 Å². The van der Waals surface area contributed by atoms with Gasteiger partial charge >= 0.3 is 0 Å². The first-order valence-electron chi connectivity index (χ1n) is 5.39. The van der Waals surface area contributed by atoms with Gasteiger partial charge in [0.1, 0.15) is 0 Å². The molecule has 1 aliphatic heterocycles. The van der Waals surface area contributed by atoms with Crippen molar-refractivity contribution in [2.24, 2.45) is 0 Å². The zero-order chi connectivity index (χ0) is 12.4. The van der Waals surface area contributed by atoms with E-state index in [4.69, 9.17) is 16.3 Å². The van der Waals surface area contributed by atoms with E-state index in [1.54, 1.807) is 24.1 Å². The highest BCUT2D eigenvalue weighted by molar-refractivity contribution is 9.10. The Morgan fingerprint density at radius 1 is 1.59 bits per heavy atom. The van der Waals surface area contributed by atoms with Crippen LogP contribution >= 0.6 is 27.5 Å². The number of rotatable bonds is 2. The highest BCUT2D eigenvalue weighted by Crippen LogP contribution is 2.23. The molecule has 0 spiro atoms. The van der Waals surface area contributed by atoms with Crippen molar-refractivity contribution in [2.45, 2.75) is 12.5 Å². The molecule has 0 N–H and O–H groups in total. The molecular formula is C12H13BrClNO2. The van der Waals surface area contributed by atoms with Gasteiger partial charge in [0.15, 0.2) is 0 Å². The molecule has 1 saturated heterocycles. The number of ether oxygens (including phenoxy) is 1. The molecule has 1 amide bonds. The zero-order valence-corrected chi connectivity index (χ0v) is 11.8. The lowest BCUT2D eigenvalue weighted by atomic mass is 10.1. The van der Waals surface area contributed by atoms with Crippen LogP contribution in [0.4, 0.5) is 0 Å². The molecule has 5 heteroatoms. The number of nitrogens with zero attached hydrogens (tertiary/aromatic N) is 1. The maximum atomic E-state index is 12.3.